The number of aromatic amines is 1. The number of aliphatic hydroxyl groups is 1. The zero-order chi connectivity index (χ0) is 39.8. The van der Waals surface area contributed by atoms with Crippen molar-refractivity contribution in [1.29, 1.82) is 0 Å². The van der Waals surface area contributed by atoms with Crippen LogP contribution in [-0.2, 0) is 27.2 Å². The van der Waals surface area contributed by atoms with Crippen LogP contribution in [-0.4, -0.2) is 124 Å². The van der Waals surface area contributed by atoms with Gasteiger partial charge in [-0.15, -0.1) is 11.3 Å². The minimum atomic E-state index is -0.869. The Balaban J connectivity index is 0.822. The van der Waals surface area contributed by atoms with Gasteiger partial charge in [-0.05, 0) is 56.2 Å². The molecule has 57 heavy (non-hydrogen) atoms. The fraction of sp³-hybridized carbons (Fsp3) is 0.571. The molecule has 0 bridgehead atoms. The Bertz CT molecular complexity index is 2020. The number of carbonyl (C=O) groups excluding carboxylic acids is 2. The van der Waals surface area contributed by atoms with Gasteiger partial charge in [-0.2, -0.15) is 0 Å². The first kappa shape index (κ1) is 41.5. The number of hydrogen-bond acceptors (Lipinski definition) is 12. The van der Waals surface area contributed by atoms with Gasteiger partial charge < -0.3 is 39.8 Å². The van der Waals surface area contributed by atoms with E-state index < -0.39 is 6.10 Å². The lowest BCUT2D eigenvalue weighted by Gasteiger charge is -2.47. The number of carbonyl (C=O) groups is 2. The number of piperidine rings is 1. The third kappa shape index (κ3) is 10.7. The highest BCUT2D eigenvalue weighted by atomic mass is 32.1. The van der Waals surface area contributed by atoms with E-state index in [2.05, 4.69) is 44.5 Å². The Kier molecular flexibility index (Phi) is 14.1. The molecule has 3 aliphatic rings. The molecule has 15 heteroatoms. The van der Waals surface area contributed by atoms with E-state index in [4.69, 9.17) is 9.47 Å². The third-order valence-electron chi connectivity index (χ3n) is 11.7. The number of aryl methyl sites for hydroxylation is 1. The molecular weight excluding hydrogens is 765 g/mol. The van der Waals surface area contributed by atoms with Crippen molar-refractivity contribution in [2.75, 3.05) is 65.6 Å². The summed E-state index contributed by atoms with van der Waals surface area (Å²) in [5.41, 5.74) is 3.65. The number of nitrogens with one attached hydrogen (secondary N) is 2. The van der Waals surface area contributed by atoms with Crippen LogP contribution in [0.5, 0.6) is 5.75 Å². The summed E-state index contributed by atoms with van der Waals surface area (Å²) in [6.07, 6.45) is 7.45. The predicted molar refractivity (Wildman–Crippen MR) is 222 cm³/mol. The van der Waals surface area contributed by atoms with Crippen LogP contribution >= 0.6 is 22.7 Å². The molecule has 4 heterocycles. The molecule has 1 atom stereocenters. The van der Waals surface area contributed by atoms with Crippen molar-refractivity contribution in [3.63, 3.8) is 0 Å². The molecule has 4 aromatic rings. The van der Waals surface area contributed by atoms with Crippen LogP contribution in [0.15, 0.2) is 46.6 Å². The average Bonchev–Trinajstić information content (AvgIpc) is 3.84. The van der Waals surface area contributed by atoms with Crippen molar-refractivity contribution < 1.29 is 29.3 Å². The molecule has 2 amide bonds. The van der Waals surface area contributed by atoms with E-state index in [1.165, 1.54) is 35.0 Å². The smallest absolute Gasteiger partial charge is 0.305 e. The number of aliphatic hydroxyl groups excluding tert-OH is 1. The Morgan fingerprint density at radius 3 is 2.72 bits per heavy atom. The lowest BCUT2D eigenvalue weighted by atomic mass is 9.89. The number of morpholine rings is 1. The standard InChI is InChI=1S/C42H56N6O7S2/c1-29-44-34(27-56-29)40(52)47-20-23-55-42(28-47)14-17-46(18-15-42)26-31-7-5-6-30(24-31)12-21-54-22-13-37(51)48(32-8-3-2-4-9-32)19-16-43-25-36(50)33-10-11-35(49)38-39(33)57-41(53)45-38/h5-7,10-11,24,27,32,36,43,49-50H,2-4,8-9,12-23,25-26,28H2,1H3,(H,45,53)/t36-/m0/s1. The highest BCUT2D eigenvalue weighted by molar-refractivity contribution is 7.16. The number of nitrogens with zero attached hydrogens (tertiary/aromatic N) is 4. The first-order valence-corrected chi connectivity index (χ1v) is 22.1. The quantitative estimate of drug-likeness (QED) is 0.113. The van der Waals surface area contributed by atoms with E-state index in [1.807, 2.05) is 22.1 Å². The van der Waals surface area contributed by atoms with Crippen molar-refractivity contribution in [3.05, 3.63) is 78.8 Å². The van der Waals surface area contributed by atoms with Crippen LogP contribution in [0.4, 0.5) is 0 Å². The third-order valence-corrected chi connectivity index (χ3v) is 13.4. The number of amides is 2. The number of H-pyrrole nitrogens is 1. The first-order valence-electron chi connectivity index (χ1n) is 20.4. The molecule has 1 spiro atoms. The number of fused-ring (bicyclic) bond motifs is 1. The minimum Gasteiger partial charge on any atom is -0.506 e. The molecule has 2 aromatic carbocycles. The molecule has 13 nitrogen and oxygen atoms in total. The van der Waals surface area contributed by atoms with Crippen LogP contribution in [0.2, 0.25) is 0 Å². The van der Waals surface area contributed by atoms with Crippen LogP contribution in [0.1, 0.15) is 89.7 Å². The monoisotopic (exact) mass is 820 g/mol. The predicted octanol–water partition coefficient (Wildman–Crippen LogP) is 5.00. The molecule has 2 aliphatic heterocycles. The van der Waals surface area contributed by atoms with Crippen LogP contribution < -0.4 is 10.2 Å². The second-order valence-electron chi connectivity index (χ2n) is 15.7. The van der Waals surface area contributed by atoms with Gasteiger partial charge in [-0.1, -0.05) is 60.9 Å². The molecule has 1 saturated carbocycles. The molecule has 0 unspecified atom stereocenters. The summed E-state index contributed by atoms with van der Waals surface area (Å²) in [4.78, 5) is 51.7. The number of hydrogen-bond donors (Lipinski definition) is 4. The summed E-state index contributed by atoms with van der Waals surface area (Å²) in [6.45, 7) is 8.63. The summed E-state index contributed by atoms with van der Waals surface area (Å²) < 4.78 is 12.9. The van der Waals surface area contributed by atoms with Crippen LogP contribution in [0, 0.1) is 6.92 Å². The van der Waals surface area contributed by atoms with Crippen molar-refractivity contribution >= 4 is 44.7 Å². The highest BCUT2D eigenvalue weighted by Crippen LogP contribution is 2.33. The topological polar surface area (TPSA) is 161 Å². The summed E-state index contributed by atoms with van der Waals surface area (Å²) >= 11 is 2.48. The van der Waals surface area contributed by atoms with E-state index in [-0.39, 0.29) is 40.6 Å². The van der Waals surface area contributed by atoms with Crippen molar-refractivity contribution in [2.24, 2.45) is 0 Å². The van der Waals surface area contributed by atoms with Gasteiger partial charge in [0.2, 0.25) is 5.91 Å². The SMILES string of the molecule is Cc1nc(C(=O)N2CCOC3(CCN(Cc4cccc(CCOCCC(=O)N(CCNC[C@H](O)c5ccc(O)c6[nH]c(=O)sc56)C5CCCCC5)c4)CC3)C2)cs1. The first-order chi connectivity index (χ1) is 27.7. The van der Waals surface area contributed by atoms with Crippen molar-refractivity contribution in [1.82, 2.24) is 30.0 Å². The van der Waals surface area contributed by atoms with Crippen molar-refractivity contribution in [3.8, 4) is 5.75 Å². The number of aromatic nitrogens is 2. The summed E-state index contributed by atoms with van der Waals surface area (Å²) in [6, 6.07) is 12.0. The maximum Gasteiger partial charge on any atom is 0.305 e. The van der Waals surface area contributed by atoms with E-state index >= 15 is 0 Å². The van der Waals surface area contributed by atoms with Gasteiger partial charge in [0, 0.05) is 62.8 Å². The lowest BCUT2D eigenvalue weighted by Crippen LogP contribution is -2.58. The molecule has 2 saturated heterocycles. The van der Waals surface area contributed by atoms with Gasteiger partial charge in [-0.3, -0.25) is 19.3 Å². The number of aromatic hydroxyl groups is 1. The van der Waals surface area contributed by atoms with Gasteiger partial charge in [-0.25, -0.2) is 4.98 Å². The fourth-order valence-corrected chi connectivity index (χ4v) is 10.1. The molecule has 0 radical (unpaired) electrons. The number of likely N-dealkylation sites (tertiary alicyclic amines) is 1. The van der Waals surface area contributed by atoms with Gasteiger partial charge in [0.15, 0.2) is 0 Å². The zero-order valence-electron chi connectivity index (χ0n) is 32.9. The Hall–Kier alpha value is -3.70. The highest BCUT2D eigenvalue weighted by Gasteiger charge is 2.41. The number of phenols is 1. The van der Waals surface area contributed by atoms with E-state index in [0.717, 1.165) is 80.9 Å². The molecular formula is C42H56N6O7S2. The van der Waals surface area contributed by atoms with Gasteiger partial charge in [0.25, 0.3) is 5.91 Å². The largest absolute Gasteiger partial charge is 0.506 e. The van der Waals surface area contributed by atoms with E-state index in [1.54, 1.807) is 6.07 Å². The van der Waals surface area contributed by atoms with E-state index in [0.29, 0.717) is 73.9 Å². The summed E-state index contributed by atoms with van der Waals surface area (Å²) in [5.74, 6) is 0.0812. The zero-order valence-corrected chi connectivity index (χ0v) is 34.5. The Morgan fingerprint density at radius 1 is 1.12 bits per heavy atom. The lowest BCUT2D eigenvalue weighted by molar-refractivity contribution is -0.135. The molecule has 4 N–H and O–H groups in total. The molecule has 1 aliphatic carbocycles. The fourth-order valence-electron chi connectivity index (χ4n) is 8.55. The second-order valence-corrected chi connectivity index (χ2v) is 17.8. The van der Waals surface area contributed by atoms with Crippen LogP contribution in [0.25, 0.3) is 10.2 Å². The number of thiazole rings is 2. The number of phenolic OH excluding ortho intramolecular Hbond substituents is 1. The maximum absolute atomic E-state index is 13.5. The molecule has 3 fully saturated rings. The second kappa shape index (κ2) is 19.4. The average molecular weight is 821 g/mol. The molecule has 7 rings (SSSR count). The van der Waals surface area contributed by atoms with Crippen molar-refractivity contribution in [2.45, 2.75) is 89.0 Å². The summed E-state index contributed by atoms with van der Waals surface area (Å²) in [7, 11) is 0. The van der Waals surface area contributed by atoms with Gasteiger partial charge in [0.1, 0.15) is 17.0 Å². The number of rotatable bonds is 16. The molecule has 308 valence electrons. The minimum absolute atomic E-state index is 0.00513. The van der Waals surface area contributed by atoms with Crippen LogP contribution in [0.3, 0.4) is 0 Å². The molecule has 2 aromatic heterocycles. The number of ether oxygens (including phenoxy) is 2. The Morgan fingerprint density at radius 2 is 1.93 bits per heavy atom. The summed E-state index contributed by atoms with van der Waals surface area (Å²) in [5, 5.41) is 27.1. The normalized spacial score (nSPS) is 18.3. The Labute approximate surface area is 342 Å². The van der Waals surface area contributed by atoms with Gasteiger partial charge in [0.05, 0.1) is 54.2 Å². The maximum atomic E-state index is 13.5. The number of benzene rings is 2. The van der Waals surface area contributed by atoms with E-state index in [9.17, 15) is 24.6 Å². The van der Waals surface area contributed by atoms with Gasteiger partial charge >= 0.3 is 4.87 Å².